The highest BCUT2D eigenvalue weighted by atomic mass is 32.2. The summed E-state index contributed by atoms with van der Waals surface area (Å²) < 4.78 is 25.3. The van der Waals surface area contributed by atoms with Crippen LogP contribution in [0.1, 0.15) is 46.0 Å². The molecule has 3 aromatic rings. The van der Waals surface area contributed by atoms with Crippen LogP contribution in [0, 0.1) is 0 Å². The van der Waals surface area contributed by atoms with Crippen molar-refractivity contribution in [2.24, 2.45) is 10.1 Å². The van der Waals surface area contributed by atoms with E-state index in [-0.39, 0.29) is 16.5 Å². The standard InChI is InChI=1S/C22H29N9O2S/c1-14(2)31-18-11-15-12-26-21(27-17-8-7-16(13-25-17)34(23,32)33)28-19(15)30(18)22(20(24-3)29-31)9-5-4-6-10-22/h7-8,11-14H,4-6,9-10H2,1-3H3,(H,24,29)(H2,23,32,33)(H,25,26,27,28). The SMILES string of the molecule is CN=C1NN(C(C)C)c2cc3cnc(Nc4ccc(S(N)(=O)=O)cn4)nc3n2C12CCCCC2. The molecule has 11 nitrogen and oxygen atoms in total. The van der Waals surface area contributed by atoms with E-state index in [4.69, 9.17) is 10.1 Å². The molecule has 0 radical (unpaired) electrons. The van der Waals surface area contributed by atoms with Crippen molar-refractivity contribution in [3.63, 3.8) is 0 Å². The molecule has 3 aromatic heterocycles. The number of amidine groups is 1. The molecular weight excluding hydrogens is 454 g/mol. The Bertz CT molecular complexity index is 1360. The summed E-state index contributed by atoms with van der Waals surface area (Å²) >= 11 is 0. The van der Waals surface area contributed by atoms with Gasteiger partial charge in [-0.1, -0.05) is 19.3 Å². The third-order valence-electron chi connectivity index (χ3n) is 6.59. The van der Waals surface area contributed by atoms with E-state index < -0.39 is 10.0 Å². The monoisotopic (exact) mass is 483 g/mol. The van der Waals surface area contributed by atoms with E-state index in [0.29, 0.717) is 11.8 Å². The quantitative estimate of drug-likeness (QED) is 0.514. The first-order chi connectivity index (χ1) is 16.2. The number of aromatic nitrogens is 4. The Balaban J connectivity index is 1.61. The van der Waals surface area contributed by atoms with Crippen molar-refractivity contribution < 1.29 is 8.42 Å². The third-order valence-corrected chi connectivity index (χ3v) is 7.49. The number of sulfonamides is 1. The number of hydrazine groups is 1. The zero-order valence-corrected chi connectivity index (χ0v) is 20.3. The van der Waals surface area contributed by atoms with Gasteiger partial charge in [-0.3, -0.25) is 20.0 Å². The first kappa shape index (κ1) is 22.5. The van der Waals surface area contributed by atoms with Gasteiger partial charge in [0.15, 0.2) is 0 Å². The Hall–Kier alpha value is -3.25. The molecule has 1 aliphatic heterocycles. The molecule has 4 N–H and O–H groups in total. The lowest BCUT2D eigenvalue weighted by molar-refractivity contribution is 0.267. The van der Waals surface area contributed by atoms with Crippen LogP contribution in [0.15, 0.2) is 40.5 Å². The van der Waals surface area contributed by atoms with Crippen molar-refractivity contribution in [2.45, 2.75) is 62.4 Å². The van der Waals surface area contributed by atoms with Gasteiger partial charge in [-0.05, 0) is 44.9 Å². The molecule has 0 bridgehead atoms. The molecule has 0 aromatic carbocycles. The molecule has 4 heterocycles. The van der Waals surface area contributed by atoms with Gasteiger partial charge in [-0.2, -0.15) is 4.98 Å². The summed E-state index contributed by atoms with van der Waals surface area (Å²) in [5, 5.41) is 11.3. The van der Waals surface area contributed by atoms with Gasteiger partial charge in [0.25, 0.3) is 0 Å². The summed E-state index contributed by atoms with van der Waals surface area (Å²) in [5.74, 6) is 2.80. The van der Waals surface area contributed by atoms with Crippen LogP contribution in [0.25, 0.3) is 11.0 Å². The van der Waals surface area contributed by atoms with Gasteiger partial charge < -0.3 is 5.32 Å². The van der Waals surface area contributed by atoms with Crippen molar-refractivity contribution in [2.75, 3.05) is 17.4 Å². The summed E-state index contributed by atoms with van der Waals surface area (Å²) in [6.45, 7) is 4.27. The normalized spacial score (nSPS) is 19.0. The molecule has 0 saturated heterocycles. The number of aliphatic imine (C=N–C) groups is 1. The van der Waals surface area contributed by atoms with Gasteiger partial charge in [0.05, 0.1) is 0 Å². The molecule has 1 saturated carbocycles. The smallest absolute Gasteiger partial charge is 0.239 e. The number of hydrogen-bond acceptors (Lipinski definition) is 8. The fourth-order valence-corrected chi connectivity index (χ4v) is 5.46. The van der Waals surface area contributed by atoms with Gasteiger partial charge in [0.2, 0.25) is 16.0 Å². The molecule has 2 aliphatic rings. The van der Waals surface area contributed by atoms with Gasteiger partial charge in [-0.25, -0.2) is 23.5 Å². The molecule has 1 spiro atoms. The topological polar surface area (TPSA) is 143 Å². The molecule has 0 amide bonds. The third kappa shape index (κ3) is 3.66. The number of nitrogens with two attached hydrogens (primary N) is 1. The van der Waals surface area contributed by atoms with E-state index in [9.17, 15) is 8.42 Å². The average Bonchev–Trinajstić information content (AvgIpc) is 3.19. The van der Waals surface area contributed by atoms with E-state index in [1.165, 1.54) is 24.8 Å². The van der Waals surface area contributed by atoms with Gasteiger partial charge in [0, 0.05) is 30.9 Å². The Morgan fingerprint density at radius 2 is 1.94 bits per heavy atom. The van der Waals surface area contributed by atoms with E-state index in [0.717, 1.165) is 48.4 Å². The Morgan fingerprint density at radius 1 is 1.18 bits per heavy atom. The van der Waals surface area contributed by atoms with E-state index in [1.807, 2.05) is 7.05 Å². The zero-order chi connectivity index (χ0) is 24.1. The molecule has 0 atom stereocenters. The zero-order valence-electron chi connectivity index (χ0n) is 19.5. The van der Waals surface area contributed by atoms with Crippen LogP contribution in [-0.4, -0.2) is 46.9 Å². The lowest BCUT2D eigenvalue weighted by Gasteiger charge is -2.49. The van der Waals surface area contributed by atoms with Crippen molar-refractivity contribution >= 4 is 44.5 Å². The van der Waals surface area contributed by atoms with Gasteiger partial charge in [0.1, 0.15) is 33.6 Å². The fourth-order valence-electron chi connectivity index (χ4n) is 5.00. The van der Waals surface area contributed by atoms with Gasteiger partial charge >= 0.3 is 0 Å². The molecule has 180 valence electrons. The first-order valence-corrected chi connectivity index (χ1v) is 13.0. The molecule has 12 heteroatoms. The maximum atomic E-state index is 11.5. The number of nitrogens with one attached hydrogen (secondary N) is 2. The number of pyridine rings is 1. The molecule has 1 fully saturated rings. The second-order valence-electron chi connectivity index (χ2n) is 9.10. The van der Waals surface area contributed by atoms with Crippen LogP contribution < -0.4 is 20.9 Å². The largest absolute Gasteiger partial charge is 0.309 e. The highest BCUT2D eigenvalue weighted by Crippen LogP contribution is 2.44. The van der Waals surface area contributed by atoms with Crippen LogP contribution in [0.2, 0.25) is 0 Å². The average molecular weight is 484 g/mol. The first-order valence-electron chi connectivity index (χ1n) is 11.4. The maximum absolute atomic E-state index is 11.5. The van der Waals surface area contributed by atoms with Crippen LogP contribution in [0.3, 0.4) is 0 Å². The predicted molar refractivity (Wildman–Crippen MR) is 132 cm³/mol. The number of primary sulfonamides is 1. The number of anilines is 3. The Morgan fingerprint density at radius 3 is 2.56 bits per heavy atom. The molecule has 1 aliphatic carbocycles. The number of fused-ring (bicyclic) bond motifs is 4. The molecule has 34 heavy (non-hydrogen) atoms. The van der Waals surface area contributed by atoms with Crippen LogP contribution in [-0.2, 0) is 15.6 Å². The highest BCUT2D eigenvalue weighted by molar-refractivity contribution is 7.89. The van der Waals surface area contributed by atoms with Crippen molar-refractivity contribution in [1.82, 2.24) is 24.9 Å². The number of nitrogens with zero attached hydrogens (tertiary/aromatic N) is 6. The second-order valence-corrected chi connectivity index (χ2v) is 10.7. The number of hydrogen-bond donors (Lipinski definition) is 3. The highest BCUT2D eigenvalue weighted by Gasteiger charge is 2.46. The van der Waals surface area contributed by atoms with E-state index >= 15 is 0 Å². The second kappa shape index (κ2) is 8.20. The minimum absolute atomic E-state index is 0.0537. The summed E-state index contributed by atoms with van der Waals surface area (Å²) in [6.07, 6.45) is 8.44. The van der Waals surface area contributed by atoms with Crippen LogP contribution in [0.4, 0.5) is 17.6 Å². The molecular formula is C22H29N9O2S. The molecule has 0 unspecified atom stereocenters. The minimum atomic E-state index is -3.81. The van der Waals surface area contributed by atoms with Crippen LogP contribution in [0.5, 0.6) is 0 Å². The minimum Gasteiger partial charge on any atom is -0.309 e. The van der Waals surface area contributed by atoms with Crippen molar-refractivity contribution in [3.8, 4) is 0 Å². The van der Waals surface area contributed by atoms with Crippen molar-refractivity contribution in [3.05, 3.63) is 30.6 Å². The maximum Gasteiger partial charge on any atom is 0.239 e. The van der Waals surface area contributed by atoms with Gasteiger partial charge in [-0.15, -0.1) is 0 Å². The predicted octanol–water partition coefficient (Wildman–Crippen LogP) is 2.64. The van der Waals surface area contributed by atoms with E-state index in [2.05, 4.69) is 55.2 Å². The molecule has 5 rings (SSSR count). The van der Waals surface area contributed by atoms with Crippen LogP contribution >= 0.6 is 0 Å². The summed E-state index contributed by atoms with van der Waals surface area (Å²) in [7, 11) is -1.97. The lowest BCUT2D eigenvalue weighted by atomic mass is 9.79. The van der Waals surface area contributed by atoms with Crippen molar-refractivity contribution in [1.29, 1.82) is 0 Å². The lowest BCUT2D eigenvalue weighted by Crippen LogP contribution is -2.62. The Labute approximate surface area is 198 Å². The van der Waals surface area contributed by atoms with E-state index in [1.54, 1.807) is 6.20 Å². The summed E-state index contributed by atoms with van der Waals surface area (Å²) in [5.41, 5.74) is 4.12. The Kier molecular flexibility index (Phi) is 5.44. The number of rotatable bonds is 4. The summed E-state index contributed by atoms with van der Waals surface area (Å²) in [6, 6.07) is 5.26. The summed E-state index contributed by atoms with van der Waals surface area (Å²) in [4.78, 5) is 18.1. The fraction of sp³-hybridized carbons (Fsp3) is 0.455.